The van der Waals surface area contributed by atoms with Gasteiger partial charge in [-0.3, -0.25) is 4.90 Å². The standard InChI is InChI=1S/C26H41NO2/c1-20-21(6-3-9-25(20)28)10-11-22-7-4-14-26(2)23(12-13-24(22)26)8-5-15-27-16-18-29-19-17-27/h10-11,23-25,28H,1,3-9,12-19H2,2H3/b21-10-,22-11+. The van der Waals surface area contributed by atoms with E-state index in [2.05, 4.69) is 30.6 Å². The summed E-state index contributed by atoms with van der Waals surface area (Å²) in [5, 5.41) is 10.1. The molecule has 3 nitrogen and oxygen atoms in total. The normalized spacial score (nSPS) is 39.2. The van der Waals surface area contributed by atoms with Gasteiger partial charge in [0.25, 0.3) is 0 Å². The van der Waals surface area contributed by atoms with Crippen LogP contribution in [0.5, 0.6) is 0 Å². The van der Waals surface area contributed by atoms with Gasteiger partial charge in [-0.15, -0.1) is 0 Å². The van der Waals surface area contributed by atoms with Crippen molar-refractivity contribution in [2.45, 2.75) is 77.2 Å². The zero-order chi connectivity index (χ0) is 20.3. The minimum absolute atomic E-state index is 0.327. The molecular weight excluding hydrogens is 358 g/mol. The summed E-state index contributed by atoms with van der Waals surface area (Å²) in [5.41, 5.74) is 4.41. The van der Waals surface area contributed by atoms with Crippen molar-refractivity contribution in [1.82, 2.24) is 4.90 Å². The van der Waals surface area contributed by atoms with Crippen LogP contribution in [0.25, 0.3) is 0 Å². The van der Waals surface area contributed by atoms with Crippen molar-refractivity contribution in [3.05, 3.63) is 35.5 Å². The minimum Gasteiger partial charge on any atom is -0.388 e. The molecule has 0 aromatic heterocycles. The Morgan fingerprint density at radius 1 is 1.14 bits per heavy atom. The smallest absolute Gasteiger partial charge is 0.0787 e. The molecule has 4 aliphatic rings. The van der Waals surface area contributed by atoms with Crippen molar-refractivity contribution in [3.8, 4) is 0 Å². The Labute approximate surface area is 177 Å². The number of rotatable bonds is 5. The molecule has 3 aliphatic carbocycles. The van der Waals surface area contributed by atoms with Crippen molar-refractivity contribution in [3.63, 3.8) is 0 Å². The lowest BCUT2D eigenvalue weighted by Gasteiger charge is -2.42. The maximum Gasteiger partial charge on any atom is 0.0787 e. The molecule has 4 unspecified atom stereocenters. The van der Waals surface area contributed by atoms with Gasteiger partial charge in [-0.2, -0.15) is 0 Å². The highest BCUT2D eigenvalue weighted by molar-refractivity contribution is 5.37. The van der Waals surface area contributed by atoms with Gasteiger partial charge in [0.15, 0.2) is 0 Å². The van der Waals surface area contributed by atoms with Gasteiger partial charge in [0.05, 0.1) is 19.3 Å². The van der Waals surface area contributed by atoms with Crippen LogP contribution in [-0.2, 0) is 4.74 Å². The highest BCUT2D eigenvalue weighted by atomic mass is 16.5. The van der Waals surface area contributed by atoms with E-state index < -0.39 is 0 Å². The summed E-state index contributed by atoms with van der Waals surface area (Å²) >= 11 is 0. The number of ether oxygens (including phenoxy) is 1. The summed E-state index contributed by atoms with van der Waals surface area (Å²) in [6.45, 7) is 12.0. The first-order valence-corrected chi connectivity index (χ1v) is 12.1. The van der Waals surface area contributed by atoms with Gasteiger partial charge in [-0.05, 0) is 99.1 Å². The molecule has 3 saturated carbocycles. The van der Waals surface area contributed by atoms with Crippen LogP contribution in [0.15, 0.2) is 35.5 Å². The molecule has 162 valence electrons. The van der Waals surface area contributed by atoms with Gasteiger partial charge in [-0.1, -0.05) is 31.2 Å². The van der Waals surface area contributed by atoms with E-state index in [1.165, 1.54) is 57.1 Å². The maximum atomic E-state index is 10.1. The van der Waals surface area contributed by atoms with Gasteiger partial charge in [0, 0.05) is 13.1 Å². The van der Waals surface area contributed by atoms with Crippen molar-refractivity contribution >= 4 is 0 Å². The molecule has 29 heavy (non-hydrogen) atoms. The summed E-state index contributed by atoms with van der Waals surface area (Å²) in [6, 6.07) is 0. The lowest BCUT2D eigenvalue weighted by molar-refractivity contribution is 0.0351. The Morgan fingerprint density at radius 3 is 2.79 bits per heavy atom. The molecule has 4 fully saturated rings. The Bertz CT molecular complexity index is 645. The van der Waals surface area contributed by atoms with E-state index in [9.17, 15) is 5.11 Å². The summed E-state index contributed by atoms with van der Waals surface area (Å²) in [5.74, 6) is 1.65. The number of fused-ring (bicyclic) bond motifs is 1. The lowest BCUT2D eigenvalue weighted by atomic mass is 9.62. The number of allylic oxidation sites excluding steroid dienone is 3. The van der Waals surface area contributed by atoms with E-state index in [4.69, 9.17) is 4.74 Å². The number of aliphatic hydroxyl groups excluding tert-OH is 1. The molecule has 0 spiro atoms. The summed E-state index contributed by atoms with van der Waals surface area (Å²) < 4.78 is 5.49. The van der Waals surface area contributed by atoms with Gasteiger partial charge in [-0.25, -0.2) is 0 Å². The highest BCUT2D eigenvalue weighted by Crippen LogP contribution is 2.58. The van der Waals surface area contributed by atoms with E-state index in [-0.39, 0.29) is 6.10 Å². The van der Waals surface area contributed by atoms with Crippen molar-refractivity contribution in [1.29, 1.82) is 0 Å². The average Bonchev–Trinajstić information content (AvgIpc) is 3.07. The summed E-state index contributed by atoms with van der Waals surface area (Å²) in [7, 11) is 0. The van der Waals surface area contributed by atoms with E-state index in [1.54, 1.807) is 5.57 Å². The largest absolute Gasteiger partial charge is 0.388 e. The SMILES string of the molecule is C=C1/C(=C\C=C2/CCCC3(C)C(CCCN4CCOCC4)CCC23)CCCC1O. The molecular formula is C26H41NO2. The van der Waals surface area contributed by atoms with Crippen LogP contribution in [0.1, 0.15) is 71.1 Å². The third kappa shape index (κ3) is 4.73. The molecule has 0 bridgehead atoms. The predicted molar refractivity (Wildman–Crippen MR) is 120 cm³/mol. The topological polar surface area (TPSA) is 32.7 Å². The van der Waals surface area contributed by atoms with Gasteiger partial charge >= 0.3 is 0 Å². The first kappa shape index (κ1) is 21.3. The first-order valence-electron chi connectivity index (χ1n) is 12.1. The zero-order valence-corrected chi connectivity index (χ0v) is 18.5. The highest BCUT2D eigenvalue weighted by Gasteiger charge is 2.48. The Kier molecular flexibility index (Phi) is 6.98. The number of nitrogens with zero attached hydrogens (tertiary/aromatic N) is 1. The Balaban J connectivity index is 1.37. The Morgan fingerprint density at radius 2 is 1.97 bits per heavy atom. The molecule has 1 aliphatic heterocycles. The van der Waals surface area contributed by atoms with Gasteiger partial charge < -0.3 is 9.84 Å². The first-order chi connectivity index (χ1) is 14.1. The van der Waals surface area contributed by atoms with Crippen LogP contribution in [0.4, 0.5) is 0 Å². The number of morpholine rings is 1. The quantitative estimate of drug-likeness (QED) is 0.684. The van der Waals surface area contributed by atoms with Gasteiger partial charge in [0.1, 0.15) is 0 Å². The van der Waals surface area contributed by atoms with Crippen LogP contribution in [0.3, 0.4) is 0 Å². The third-order valence-corrected chi connectivity index (χ3v) is 8.53. The molecule has 4 atom stereocenters. The lowest BCUT2D eigenvalue weighted by Crippen LogP contribution is -2.37. The van der Waals surface area contributed by atoms with Crippen molar-refractivity contribution in [2.24, 2.45) is 17.3 Å². The second kappa shape index (κ2) is 9.49. The fourth-order valence-electron chi connectivity index (χ4n) is 6.64. The Hall–Kier alpha value is -0.900. The fourth-order valence-corrected chi connectivity index (χ4v) is 6.64. The molecule has 0 aromatic rings. The van der Waals surface area contributed by atoms with Crippen LogP contribution < -0.4 is 0 Å². The van der Waals surface area contributed by atoms with Crippen LogP contribution in [0.2, 0.25) is 0 Å². The number of hydrogen-bond acceptors (Lipinski definition) is 3. The number of hydrogen-bond donors (Lipinski definition) is 1. The van der Waals surface area contributed by atoms with E-state index in [1.807, 2.05) is 0 Å². The molecule has 1 heterocycles. The molecule has 0 radical (unpaired) electrons. The number of aliphatic hydroxyl groups is 1. The van der Waals surface area contributed by atoms with Crippen LogP contribution >= 0.6 is 0 Å². The maximum absolute atomic E-state index is 10.1. The van der Waals surface area contributed by atoms with E-state index in [0.29, 0.717) is 5.41 Å². The van der Waals surface area contributed by atoms with Crippen molar-refractivity contribution < 1.29 is 9.84 Å². The predicted octanol–water partition coefficient (Wildman–Crippen LogP) is 5.27. The van der Waals surface area contributed by atoms with Crippen LogP contribution in [-0.4, -0.2) is 49.0 Å². The van der Waals surface area contributed by atoms with E-state index >= 15 is 0 Å². The minimum atomic E-state index is -0.327. The monoisotopic (exact) mass is 399 g/mol. The molecule has 1 saturated heterocycles. The average molecular weight is 400 g/mol. The molecule has 0 amide bonds. The second-order valence-corrected chi connectivity index (χ2v) is 10.1. The summed E-state index contributed by atoms with van der Waals surface area (Å²) in [6.07, 6.45) is 17.0. The molecule has 4 rings (SSSR count). The molecule has 1 N–H and O–H groups in total. The second-order valence-electron chi connectivity index (χ2n) is 10.1. The summed E-state index contributed by atoms with van der Waals surface area (Å²) in [4.78, 5) is 2.59. The fraction of sp³-hybridized carbons (Fsp3) is 0.769. The van der Waals surface area contributed by atoms with Crippen LogP contribution in [0, 0.1) is 17.3 Å². The van der Waals surface area contributed by atoms with Gasteiger partial charge in [0.2, 0.25) is 0 Å². The van der Waals surface area contributed by atoms with E-state index in [0.717, 1.165) is 63.0 Å². The third-order valence-electron chi connectivity index (χ3n) is 8.53. The molecule has 0 aromatic carbocycles. The van der Waals surface area contributed by atoms with Crippen molar-refractivity contribution in [2.75, 3.05) is 32.8 Å². The zero-order valence-electron chi connectivity index (χ0n) is 18.5. The molecule has 3 heteroatoms.